The molecule has 1 unspecified atom stereocenters. The van der Waals surface area contributed by atoms with Crippen molar-refractivity contribution in [3.05, 3.63) is 68.4 Å². The van der Waals surface area contributed by atoms with Crippen LogP contribution in [0.3, 0.4) is 0 Å². The summed E-state index contributed by atoms with van der Waals surface area (Å²) in [5, 5.41) is 11.7. The topological polar surface area (TPSA) is 122 Å². The summed E-state index contributed by atoms with van der Waals surface area (Å²) in [6, 6.07) is 4.07. The van der Waals surface area contributed by atoms with E-state index in [1.54, 1.807) is 6.92 Å². The number of fused-ring (bicyclic) bond motifs is 1. The van der Waals surface area contributed by atoms with Crippen LogP contribution in [-0.2, 0) is 21.6 Å². The molecule has 0 spiro atoms. The number of ether oxygens (including phenoxy) is 2. The number of likely N-dealkylation sites (N-methyl/N-ethyl adjacent to an activating group) is 1. The Morgan fingerprint density at radius 2 is 1.87 bits per heavy atom. The molecule has 4 rings (SSSR count). The van der Waals surface area contributed by atoms with Crippen molar-refractivity contribution in [3.63, 3.8) is 0 Å². The number of rotatable bonds is 9. The molecule has 1 N–H and O–H groups in total. The lowest BCUT2D eigenvalue weighted by Gasteiger charge is -2.28. The third kappa shape index (κ3) is 4.99. The van der Waals surface area contributed by atoms with Crippen LogP contribution in [0.2, 0.25) is 0 Å². The molecule has 1 atom stereocenters. The molecule has 208 valence electrons. The van der Waals surface area contributed by atoms with Crippen molar-refractivity contribution in [2.75, 3.05) is 14.2 Å². The van der Waals surface area contributed by atoms with Gasteiger partial charge in [0.05, 0.1) is 37.5 Å². The maximum absolute atomic E-state index is 14.4. The van der Waals surface area contributed by atoms with Crippen LogP contribution in [0.1, 0.15) is 44.9 Å². The number of nitrogens with one attached hydrogen (secondary N) is 1. The van der Waals surface area contributed by atoms with Crippen LogP contribution >= 0.6 is 11.3 Å². The Labute approximate surface area is 227 Å². The number of aryl methyl sites for hydroxylation is 1. The molecule has 3 aromatic heterocycles. The zero-order valence-electron chi connectivity index (χ0n) is 22.8. The van der Waals surface area contributed by atoms with E-state index in [9.17, 15) is 18.8 Å². The van der Waals surface area contributed by atoms with Gasteiger partial charge in [-0.25, -0.2) is 13.8 Å². The molecule has 0 saturated heterocycles. The minimum absolute atomic E-state index is 0.0939. The summed E-state index contributed by atoms with van der Waals surface area (Å²) < 4.78 is 28.4. The minimum atomic E-state index is -1.53. The molecule has 0 bridgehead atoms. The second kappa shape index (κ2) is 10.7. The van der Waals surface area contributed by atoms with Gasteiger partial charge in [0.15, 0.2) is 0 Å². The van der Waals surface area contributed by atoms with Gasteiger partial charge in [0, 0.05) is 18.2 Å². The van der Waals surface area contributed by atoms with Crippen molar-refractivity contribution in [2.24, 2.45) is 0 Å². The molecule has 3 heterocycles. The van der Waals surface area contributed by atoms with Crippen LogP contribution in [-0.4, -0.2) is 50.3 Å². The SMILES string of the molecule is CNC(=O)C(C)(C)n1c(=O)c2c(C)c(-n3nccn3)sc2n(CC(OC(C)C)c2cc(F)ccc2OC)c1=O. The maximum atomic E-state index is 14.4. The highest BCUT2D eigenvalue weighted by Crippen LogP contribution is 2.34. The molecule has 1 aromatic carbocycles. The van der Waals surface area contributed by atoms with Gasteiger partial charge >= 0.3 is 5.69 Å². The average molecular weight is 559 g/mol. The zero-order chi connectivity index (χ0) is 28.6. The van der Waals surface area contributed by atoms with E-state index in [1.165, 1.54) is 79.3 Å². The smallest absolute Gasteiger partial charge is 0.333 e. The monoisotopic (exact) mass is 558 g/mol. The van der Waals surface area contributed by atoms with E-state index in [0.29, 0.717) is 26.7 Å². The highest BCUT2D eigenvalue weighted by atomic mass is 32.1. The number of methoxy groups -OCH3 is 1. The summed E-state index contributed by atoms with van der Waals surface area (Å²) in [5.41, 5.74) is -1.90. The van der Waals surface area contributed by atoms with Crippen LogP contribution in [0, 0.1) is 12.7 Å². The van der Waals surface area contributed by atoms with Crippen molar-refractivity contribution in [1.82, 2.24) is 29.4 Å². The van der Waals surface area contributed by atoms with Gasteiger partial charge in [0.25, 0.3) is 5.56 Å². The number of amides is 1. The number of halogens is 1. The normalized spacial score (nSPS) is 12.7. The summed E-state index contributed by atoms with van der Waals surface area (Å²) in [6.07, 6.45) is 1.88. The van der Waals surface area contributed by atoms with Crippen molar-refractivity contribution < 1.29 is 18.7 Å². The Balaban J connectivity index is 2.07. The van der Waals surface area contributed by atoms with Gasteiger partial charge < -0.3 is 14.8 Å². The highest BCUT2D eigenvalue weighted by Gasteiger charge is 2.35. The minimum Gasteiger partial charge on any atom is -0.496 e. The molecule has 0 saturated carbocycles. The number of hydrogen-bond donors (Lipinski definition) is 1. The summed E-state index contributed by atoms with van der Waals surface area (Å²) >= 11 is 1.17. The second-order valence-corrected chi connectivity index (χ2v) is 10.7. The molecule has 0 aliphatic carbocycles. The largest absolute Gasteiger partial charge is 0.496 e. The van der Waals surface area contributed by atoms with Gasteiger partial charge in [-0.2, -0.15) is 10.2 Å². The van der Waals surface area contributed by atoms with E-state index in [0.717, 1.165) is 4.57 Å². The number of nitrogens with zero attached hydrogens (tertiary/aromatic N) is 5. The van der Waals surface area contributed by atoms with Gasteiger partial charge in [-0.05, 0) is 52.8 Å². The number of benzene rings is 1. The Kier molecular flexibility index (Phi) is 7.75. The molecule has 0 fully saturated rings. The summed E-state index contributed by atoms with van der Waals surface area (Å²) in [4.78, 5) is 42.6. The van der Waals surface area contributed by atoms with E-state index in [1.807, 2.05) is 13.8 Å². The molecule has 13 heteroatoms. The molecule has 4 aromatic rings. The number of aromatic nitrogens is 5. The Bertz CT molecular complexity index is 1640. The number of thiophene rings is 1. The van der Waals surface area contributed by atoms with Gasteiger partial charge in [-0.3, -0.25) is 14.2 Å². The van der Waals surface area contributed by atoms with Gasteiger partial charge in [0.2, 0.25) is 5.91 Å². The van der Waals surface area contributed by atoms with E-state index >= 15 is 0 Å². The lowest BCUT2D eigenvalue weighted by atomic mass is 10.0. The molecular weight excluding hydrogens is 527 g/mol. The predicted molar refractivity (Wildman–Crippen MR) is 145 cm³/mol. The quantitative estimate of drug-likeness (QED) is 0.335. The van der Waals surface area contributed by atoms with Crippen molar-refractivity contribution in [2.45, 2.75) is 58.9 Å². The van der Waals surface area contributed by atoms with Gasteiger partial charge in [-0.15, -0.1) is 4.80 Å². The number of hydrogen-bond acceptors (Lipinski definition) is 8. The Hall–Kier alpha value is -3.84. The first kappa shape index (κ1) is 28.2. The van der Waals surface area contributed by atoms with Crippen molar-refractivity contribution in [1.29, 1.82) is 0 Å². The fourth-order valence-electron chi connectivity index (χ4n) is 4.57. The van der Waals surface area contributed by atoms with E-state index in [2.05, 4.69) is 15.5 Å². The molecule has 0 aliphatic heterocycles. The number of carbonyl (C=O) groups excluding carboxylic acids is 1. The first-order valence-electron chi connectivity index (χ1n) is 12.3. The lowest BCUT2D eigenvalue weighted by Crippen LogP contribution is -2.55. The summed E-state index contributed by atoms with van der Waals surface area (Å²) in [6.45, 7) is 8.29. The molecule has 0 radical (unpaired) electrons. The predicted octanol–water partition coefficient (Wildman–Crippen LogP) is 2.91. The number of carbonyl (C=O) groups is 1. The molecule has 11 nitrogen and oxygen atoms in total. The van der Waals surface area contributed by atoms with Gasteiger partial charge in [-0.1, -0.05) is 11.3 Å². The van der Waals surface area contributed by atoms with E-state index in [-0.39, 0.29) is 18.0 Å². The third-order valence-electron chi connectivity index (χ3n) is 6.45. The van der Waals surface area contributed by atoms with Crippen LogP contribution in [0.4, 0.5) is 4.39 Å². The van der Waals surface area contributed by atoms with Crippen LogP contribution < -0.4 is 21.3 Å². The Morgan fingerprint density at radius 1 is 1.21 bits per heavy atom. The molecule has 0 aliphatic rings. The highest BCUT2D eigenvalue weighted by molar-refractivity contribution is 7.21. The van der Waals surface area contributed by atoms with Crippen LogP contribution in [0.25, 0.3) is 15.2 Å². The molecule has 39 heavy (non-hydrogen) atoms. The average Bonchev–Trinajstić information content (AvgIpc) is 3.53. The standard InChI is InChI=1S/C26H31FN6O5S/c1-14(2)38-19(17-12-16(27)8-9-18(17)37-7)13-31-23-20(15(3)22(39-23)33-29-10-11-30-33)21(34)32(25(31)36)26(4,5)24(35)28-6/h8-12,14,19H,13H2,1-7H3,(H,28,35). The van der Waals surface area contributed by atoms with Crippen LogP contribution in [0.5, 0.6) is 5.75 Å². The third-order valence-corrected chi connectivity index (χ3v) is 7.73. The first-order valence-corrected chi connectivity index (χ1v) is 13.1. The lowest BCUT2D eigenvalue weighted by molar-refractivity contribution is -0.128. The Morgan fingerprint density at radius 3 is 2.46 bits per heavy atom. The fourth-order valence-corrected chi connectivity index (χ4v) is 5.79. The molecular formula is C26H31FN6O5S. The van der Waals surface area contributed by atoms with E-state index in [4.69, 9.17) is 9.47 Å². The zero-order valence-corrected chi connectivity index (χ0v) is 23.6. The van der Waals surface area contributed by atoms with Crippen LogP contribution in [0.15, 0.2) is 40.2 Å². The molecule has 1 amide bonds. The van der Waals surface area contributed by atoms with Gasteiger partial charge in [0.1, 0.15) is 33.0 Å². The summed E-state index contributed by atoms with van der Waals surface area (Å²) in [5.74, 6) is -0.629. The second-order valence-electron chi connectivity index (χ2n) is 9.76. The van der Waals surface area contributed by atoms with Crippen molar-refractivity contribution >= 4 is 27.5 Å². The summed E-state index contributed by atoms with van der Waals surface area (Å²) in [7, 11) is 2.90. The maximum Gasteiger partial charge on any atom is 0.333 e. The first-order chi connectivity index (χ1) is 18.4. The fraction of sp³-hybridized carbons (Fsp3) is 0.423. The van der Waals surface area contributed by atoms with E-state index < -0.39 is 34.6 Å². The van der Waals surface area contributed by atoms with Crippen molar-refractivity contribution in [3.8, 4) is 10.8 Å².